The monoisotopic (exact) mass is 381 g/mol. The molecule has 2 atom stereocenters. The van der Waals surface area contributed by atoms with Gasteiger partial charge in [0.1, 0.15) is 5.82 Å². The molecule has 2 aromatic rings. The molecule has 0 radical (unpaired) electrons. The van der Waals surface area contributed by atoms with Crippen LogP contribution in [0.2, 0.25) is 0 Å². The minimum Gasteiger partial charge on any atom is -0.349 e. The Bertz CT molecular complexity index is 844. The Balaban J connectivity index is 1.42. The zero-order valence-corrected chi connectivity index (χ0v) is 15.6. The lowest BCUT2D eigenvalue weighted by atomic mass is 9.82. The third-order valence-electron chi connectivity index (χ3n) is 5.66. The van der Waals surface area contributed by atoms with Gasteiger partial charge in [-0.05, 0) is 62.4 Å². The average molecular weight is 381 g/mol. The van der Waals surface area contributed by atoms with Crippen LogP contribution in [0.1, 0.15) is 42.5 Å². The van der Waals surface area contributed by atoms with Gasteiger partial charge in [-0.1, -0.05) is 24.3 Å². The highest BCUT2D eigenvalue weighted by Crippen LogP contribution is 2.34. The molecule has 2 saturated heterocycles. The smallest absolute Gasteiger partial charge is 0.322 e. The summed E-state index contributed by atoms with van der Waals surface area (Å²) < 4.78 is 13.4. The van der Waals surface area contributed by atoms with Gasteiger partial charge < -0.3 is 15.5 Å². The molecule has 146 valence electrons. The Labute approximate surface area is 163 Å². The Morgan fingerprint density at radius 2 is 1.68 bits per heavy atom. The number of amides is 3. The lowest BCUT2D eigenvalue weighted by Gasteiger charge is -2.48. The average Bonchev–Trinajstić information content (AvgIpc) is 2.68. The third-order valence-corrected chi connectivity index (χ3v) is 5.66. The van der Waals surface area contributed by atoms with Gasteiger partial charge >= 0.3 is 6.03 Å². The first-order valence-electron chi connectivity index (χ1n) is 9.81. The summed E-state index contributed by atoms with van der Waals surface area (Å²) in [5.74, 6) is -0.443. The first-order chi connectivity index (χ1) is 13.6. The van der Waals surface area contributed by atoms with Crippen molar-refractivity contribution in [3.63, 3.8) is 0 Å². The fourth-order valence-electron chi connectivity index (χ4n) is 4.44. The molecular weight excluding hydrogens is 357 g/mol. The molecule has 5 nitrogen and oxygen atoms in total. The second-order valence-corrected chi connectivity index (χ2v) is 7.59. The predicted octanol–water partition coefficient (Wildman–Crippen LogP) is 4.17. The summed E-state index contributed by atoms with van der Waals surface area (Å²) in [5, 5.41) is 5.96. The Morgan fingerprint density at radius 3 is 2.36 bits per heavy atom. The van der Waals surface area contributed by atoms with Crippen molar-refractivity contribution in [2.75, 3.05) is 5.32 Å². The minimum absolute atomic E-state index is 0.0567. The number of hydrogen-bond acceptors (Lipinski definition) is 2. The van der Waals surface area contributed by atoms with Crippen molar-refractivity contribution in [1.29, 1.82) is 0 Å². The number of carbonyl (C=O) groups excluding carboxylic acids is 2. The molecule has 2 N–H and O–H groups in total. The van der Waals surface area contributed by atoms with E-state index in [4.69, 9.17) is 0 Å². The van der Waals surface area contributed by atoms with Crippen LogP contribution in [0, 0.1) is 5.82 Å². The van der Waals surface area contributed by atoms with E-state index in [1.54, 1.807) is 24.3 Å². The molecule has 0 aromatic heterocycles. The van der Waals surface area contributed by atoms with Crippen molar-refractivity contribution in [3.05, 3.63) is 66.0 Å². The molecule has 2 aliphatic rings. The molecule has 2 aliphatic heterocycles. The van der Waals surface area contributed by atoms with Crippen molar-refractivity contribution in [2.24, 2.45) is 0 Å². The van der Waals surface area contributed by atoms with Crippen molar-refractivity contribution in [3.8, 4) is 0 Å². The number of nitrogens with zero attached hydrogens (tertiary/aromatic N) is 1. The van der Waals surface area contributed by atoms with E-state index in [0.29, 0.717) is 11.3 Å². The maximum Gasteiger partial charge on any atom is 0.322 e. The number of fused-ring (bicyclic) bond motifs is 2. The molecule has 3 amide bonds. The van der Waals surface area contributed by atoms with Crippen molar-refractivity contribution >= 4 is 17.6 Å². The molecule has 2 bridgehead atoms. The summed E-state index contributed by atoms with van der Waals surface area (Å²) in [6, 6.07) is 15.2. The Morgan fingerprint density at radius 1 is 0.964 bits per heavy atom. The van der Waals surface area contributed by atoms with Crippen LogP contribution in [-0.4, -0.2) is 35.0 Å². The molecule has 0 aliphatic carbocycles. The number of piperidine rings is 2. The van der Waals surface area contributed by atoms with Crippen LogP contribution in [0.15, 0.2) is 54.6 Å². The molecule has 28 heavy (non-hydrogen) atoms. The molecule has 0 saturated carbocycles. The number of nitrogens with one attached hydrogen (secondary N) is 2. The fraction of sp³-hybridized carbons (Fsp3) is 0.364. The Hall–Kier alpha value is -2.89. The molecule has 2 aromatic carbocycles. The van der Waals surface area contributed by atoms with Gasteiger partial charge in [0.15, 0.2) is 0 Å². The maximum absolute atomic E-state index is 13.4. The lowest BCUT2D eigenvalue weighted by molar-refractivity contribution is 0.0577. The summed E-state index contributed by atoms with van der Waals surface area (Å²) in [7, 11) is 0. The molecule has 2 heterocycles. The van der Waals surface area contributed by atoms with Crippen LogP contribution in [0.4, 0.5) is 14.9 Å². The molecule has 6 heteroatoms. The zero-order valence-electron chi connectivity index (χ0n) is 15.6. The summed E-state index contributed by atoms with van der Waals surface area (Å²) in [4.78, 5) is 27.2. The number of benzene rings is 2. The number of rotatable bonds is 3. The summed E-state index contributed by atoms with van der Waals surface area (Å²) in [6.45, 7) is 0. The lowest BCUT2D eigenvalue weighted by Crippen LogP contribution is -2.59. The van der Waals surface area contributed by atoms with Crippen LogP contribution in [0.3, 0.4) is 0 Å². The van der Waals surface area contributed by atoms with Crippen molar-refractivity contribution < 1.29 is 14.0 Å². The number of anilines is 1. The van der Waals surface area contributed by atoms with Gasteiger partial charge in [-0.25, -0.2) is 9.18 Å². The highest BCUT2D eigenvalue weighted by Gasteiger charge is 2.41. The van der Waals surface area contributed by atoms with Crippen LogP contribution in [0.25, 0.3) is 0 Å². The number of urea groups is 1. The second-order valence-electron chi connectivity index (χ2n) is 7.59. The first-order valence-corrected chi connectivity index (χ1v) is 9.81. The number of carbonyl (C=O) groups is 2. The van der Waals surface area contributed by atoms with Gasteiger partial charge in [0.25, 0.3) is 5.91 Å². The highest BCUT2D eigenvalue weighted by molar-refractivity contribution is 5.94. The van der Waals surface area contributed by atoms with Gasteiger partial charge in [0.2, 0.25) is 0 Å². The van der Waals surface area contributed by atoms with Crippen LogP contribution < -0.4 is 10.6 Å². The summed E-state index contributed by atoms with van der Waals surface area (Å²) in [6.07, 6.45) is 4.41. The number of hydrogen-bond donors (Lipinski definition) is 2. The van der Waals surface area contributed by atoms with E-state index in [0.717, 1.165) is 32.1 Å². The Kier molecular flexibility index (Phi) is 5.28. The van der Waals surface area contributed by atoms with Gasteiger partial charge in [-0.2, -0.15) is 0 Å². The van der Waals surface area contributed by atoms with E-state index in [2.05, 4.69) is 10.6 Å². The van der Waals surface area contributed by atoms with Gasteiger partial charge in [-0.15, -0.1) is 0 Å². The predicted molar refractivity (Wildman–Crippen MR) is 106 cm³/mol. The molecular formula is C22H24FN3O2. The van der Waals surface area contributed by atoms with E-state index >= 15 is 0 Å². The molecule has 2 unspecified atom stereocenters. The molecule has 0 spiro atoms. The second kappa shape index (κ2) is 8.00. The van der Waals surface area contributed by atoms with E-state index in [1.807, 2.05) is 23.1 Å². The van der Waals surface area contributed by atoms with E-state index < -0.39 is 0 Å². The number of halogens is 1. The maximum atomic E-state index is 13.4. The zero-order chi connectivity index (χ0) is 19.5. The van der Waals surface area contributed by atoms with Crippen LogP contribution in [-0.2, 0) is 0 Å². The normalized spacial score (nSPS) is 23.8. The van der Waals surface area contributed by atoms with Gasteiger partial charge in [0, 0.05) is 29.4 Å². The highest BCUT2D eigenvalue weighted by atomic mass is 19.1. The van der Waals surface area contributed by atoms with E-state index in [1.165, 1.54) is 12.1 Å². The standard InChI is InChI=1S/C22H24FN3O2/c23-16-8-4-9-17(12-16)25-22(28)26-19-10-5-11-20(26)14-18(13-19)24-21(27)15-6-2-1-3-7-15/h1-4,6-9,12,18-20H,5,10-11,13-14H2,(H,24,27)(H,25,28). The third kappa shape index (κ3) is 4.01. The van der Waals surface area contributed by atoms with Gasteiger partial charge in [0.05, 0.1) is 0 Å². The van der Waals surface area contributed by atoms with E-state index in [9.17, 15) is 14.0 Å². The quantitative estimate of drug-likeness (QED) is 0.838. The topological polar surface area (TPSA) is 61.4 Å². The van der Waals surface area contributed by atoms with Crippen molar-refractivity contribution in [2.45, 2.75) is 50.2 Å². The molecule has 2 fully saturated rings. The minimum atomic E-state index is -0.375. The first kappa shape index (κ1) is 18.5. The van der Waals surface area contributed by atoms with Crippen LogP contribution >= 0.6 is 0 Å². The largest absolute Gasteiger partial charge is 0.349 e. The van der Waals surface area contributed by atoms with E-state index in [-0.39, 0.29) is 35.9 Å². The molecule has 4 rings (SSSR count). The van der Waals surface area contributed by atoms with Crippen LogP contribution in [0.5, 0.6) is 0 Å². The SMILES string of the molecule is O=C(NC1CC2CCCC(C1)N2C(=O)Nc1cccc(F)c1)c1ccccc1. The van der Waals surface area contributed by atoms with Crippen molar-refractivity contribution in [1.82, 2.24) is 10.2 Å². The van der Waals surface area contributed by atoms with Gasteiger partial charge in [-0.3, -0.25) is 4.79 Å². The summed E-state index contributed by atoms with van der Waals surface area (Å²) in [5.41, 5.74) is 1.11. The summed E-state index contributed by atoms with van der Waals surface area (Å²) >= 11 is 0. The fourth-order valence-corrected chi connectivity index (χ4v) is 4.44.